The molecule has 1 aromatic rings. The van der Waals surface area contributed by atoms with Crippen LogP contribution >= 0.6 is 0 Å². The molecule has 126 valence electrons. The lowest BCUT2D eigenvalue weighted by molar-refractivity contribution is -0.137. The van der Waals surface area contributed by atoms with Crippen molar-refractivity contribution in [2.24, 2.45) is 0 Å². The Kier molecular flexibility index (Phi) is 6.72. The van der Waals surface area contributed by atoms with Crippen molar-refractivity contribution >= 4 is 11.9 Å². The van der Waals surface area contributed by atoms with Gasteiger partial charge in [0, 0.05) is 13.0 Å². The van der Waals surface area contributed by atoms with E-state index >= 15 is 0 Å². The van der Waals surface area contributed by atoms with Crippen LogP contribution in [0, 0.1) is 0 Å². The number of unbranched alkanes of at least 4 members (excludes halogenated alkanes) is 4. The first-order chi connectivity index (χ1) is 11.2. The number of nitrogens with one attached hydrogen (secondary N) is 1. The molecule has 0 spiro atoms. The smallest absolute Gasteiger partial charge is 0.303 e. The van der Waals surface area contributed by atoms with Crippen LogP contribution in [0.4, 0.5) is 0 Å². The van der Waals surface area contributed by atoms with Gasteiger partial charge in [0.15, 0.2) is 11.5 Å². The minimum absolute atomic E-state index is 0.162. The number of benzene rings is 1. The van der Waals surface area contributed by atoms with Gasteiger partial charge in [-0.25, -0.2) is 0 Å². The normalized spacial score (nSPS) is 15.9. The third-order valence-corrected chi connectivity index (χ3v) is 3.67. The Morgan fingerprint density at radius 3 is 2.57 bits per heavy atom. The zero-order valence-corrected chi connectivity index (χ0v) is 13.1. The fraction of sp³-hybridized carbons (Fsp3) is 0.529. The maximum atomic E-state index is 12.0. The predicted molar refractivity (Wildman–Crippen MR) is 84.7 cm³/mol. The van der Waals surface area contributed by atoms with E-state index in [1.165, 1.54) is 0 Å². The van der Waals surface area contributed by atoms with Crippen LogP contribution in [0.15, 0.2) is 24.3 Å². The average Bonchev–Trinajstić information content (AvgIpc) is 2.56. The van der Waals surface area contributed by atoms with E-state index in [0.29, 0.717) is 24.5 Å². The highest BCUT2D eigenvalue weighted by Crippen LogP contribution is 2.30. The molecule has 0 saturated heterocycles. The van der Waals surface area contributed by atoms with Gasteiger partial charge in [-0.3, -0.25) is 9.59 Å². The highest BCUT2D eigenvalue weighted by Gasteiger charge is 2.26. The fourth-order valence-electron chi connectivity index (χ4n) is 2.41. The molecule has 1 aromatic carbocycles. The standard InChI is InChI=1S/C17H23NO5/c19-16(20)10-4-2-1-3-7-11-18-17(21)15-12-22-13-8-5-6-9-14(13)23-15/h5-6,8-9,15H,1-4,7,10-12H2,(H,18,21)(H,19,20). The third-order valence-electron chi connectivity index (χ3n) is 3.67. The van der Waals surface area contributed by atoms with Crippen LogP contribution in [0.3, 0.4) is 0 Å². The third kappa shape index (κ3) is 5.81. The second kappa shape index (κ2) is 9.02. The molecule has 0 radical (unpaired) electrons. The van der Waals surface area contributed by atoms with E-state index in [9.17, 15) is 9.59 Å². The van der Waals surface area contributed by atoms with E-state index in [1.54, 1.807) is 6.07 Å². The number of hydrogen-bond donors (Lipinski definition) is 2. The summed E-state index contributed by atoms with van der Waals surface area (Å²) in [4.78, 5) is 22.4. The van der Waals surface area contributed by atoms with Gasteiger partial charge in [-0.2, -0.15) is 0 Å². The fourth-order valence-corrected chi connectivity index (χ4v) is 2.41. The van der Waals surface area contributed by atoms with Gasteiger partial charge in [0.2, 0.25) is 6.10 Å². The molecule has 0 aromatic heterocycles. The van der Waals surface area contributed by atoms with Crippen molar-refractivity contribution in [2.75, 3.05) is 13.2 Å². The molecule has 6 nitrogen and oxygen atoms in total. The maximum absolute atomic E-state index is 12.0. The number of carbonyl (C=O) groups excluding carboxylic acids is 1. The van der Waals surface area contributed by atoms with Gasteiger partial charge in [-0.1, -0.05) is 31.4 Å². The summed E-state index contributed by atoms with van der Waals surface area (Å²) in [5.41, 5.74) is 0. The number of aliphatic carboxylic acids is 1. The summed E-state index contributed by atoms with van der Waals surface area (Å²) >= 11 is 0. The molecule has 23 heavy (non-hydrogen) atoms. The highest BCUT2D eigenvalue weighted by atomic mass is 16.6. The van der Waals surface area contributed by atoms with Crippen molar-refractivity contribution in [2.45, 2.75) is 44.6 Å². The first-order valence-corrected chi connectivity index (χ1v) is 8.05. The molecule has 0 aliphatic carbocycles. The Hall–Kier alpha value is -2.24. The second-order valence-electron chi connectivity index (χ2n) is 5.57. The molecular weight excluding hydrogens is 298 g/mol. The van der Waals surface area contributed by atoms with Crippen molar-refractivity contribution in [3.05, 3.63) is 24.3 Å². The molecule has 1 aliphatic heterocycles. The van der Waals surface area contributed by atoms with Gasteiger partial charge in [-0.15, -0.1) is 0 Å². The first kappa shape index (κ1) is 17.1. The monoisotopic (exact) mass is 321 g/mol. The van der Waals surface area contributed by atoms with E-state index in [4.69, 9.17) is 14.6 Å². The quantitative estimate of drug-likeness (QED) is 0.682. The molecule has 6 heteroatoms. The van der Waals surface area contributed by atoms with Crippen LogP contribution in [-0.2, 0) is 9.59 Å². The van der Waals surface area contributed by atoms with Gasteiger partial charge in [-0.05, 0) is 25.0 Å². The summed E-state index contributed by atoms with van der Waals surface area (Å²) in [6.07, 6.45) is 4.09. The number of ether oxygens (including phenoxy) is 2. The number of amides is 1. The summed E-state index contributed by atoms with van der Waals surface area (Å²) in [5, 5.41) is 11.4. The molecule has 1 heterocycles. The van der Waals surface area contributed by atoms with Crippen molar-refractivity contribution in [3.8, 4) is 11.5 Å². The van der Waals surface area contributed by atoms with Crippen LogP contribution < -0.4 is 14.8 Å². The molecular formula is C17H23NO5. The largest absolute Gasteiger partial charge is 0.485 e. The van der Waals surface area contributed by atoms with Crippen LogP contribution in [0.1, 0.15) is 38.5 Å². The number of carboxylic acid groups (broad SMARTS) is 1. The van der Waals surface area contributed by atoms with E-state index < -0.39 is 12.1 Å². The van der Waals surface area contributed by atoms with E-state index in [0.717, 1.165) is 25.7 Å². The topological polar surface area (TPSA) is 84.9 Å². The number of hydrogen-bond acceptors (Lipinski definition) is 4. The van der Waals surface area contributed by atoms with Crippen LogP contribution in [0.2, 0.25) is 0 Å². The molecule has 2 N–H and O–H groups in total. The van der Waals surface area contributed by atoms with Gasteiger partial charge in [0.05, 0.1) is 0 Å². The molecule has 1 atom stereocenters. The molecule has 0 bridgehead atoms. The summed E-state index contributed by atoms with van der Waals surface area (Å²) < 4.78 is 11.1. The molecule has 1 aliphatic rings. The number of carboxylic acids is 1. The SMILES string of the molecule is O=C(O)CCCCCCCNC(=O)C1COc2ccccc2O1. The molecule has 1 unspecified atom stereocenters. The van der Waals surface area contributed by atoms with Crippen molar-refractivity contribution in [1.82, 2.24) is 5.32 Å². The lowest BCUT2D eigenvalue weighted by atomic mass is 10.1. The van der Waals surface area contributed by atoms with Crippen molar-refractivity contribution < 1.29 is 24.2 Å². The lowest BCUT2D eigenvalue weighted by Gasteiger charge is -2.25. The Bertz CT molecular complexity index is 531. The van der Waals surface area contributed by atoms with Crippen LogP contribution in [0.25, 0.3) is 0 Å². The lowest BCUT2D eigenvalue weighted by Crippen LogP contribution is -2.44. The van der Waals surface area contributed by atoms with Gasteiger partial charge in [0.1, 0.15) is 6.61 Å². The van der Waals surface area contributed by atoms with Crippen LogP contribution in [-0.4, -0.2) is 36.2 Å². The number of carbonyl (C=O) groups is 2. The molecule has 0 fully saturated rings. The Labute approximate surface area is 135 Å². The Morgan fingerprint density at radius 2 is 1.78 bits per heavy atom. The summed E-state index contributed by atoms with van der Waals surface area (Å²) in [5.74, 6) is 0.356. The average molecular weight is 321 g/mol. The highest BCUT2D eigenvalue weighted by molar-refractivity contribution is 5.81. The van der Waals surface area contributed by atoms with Crippen LogP contribution in [0.5, 0.6) is 11.5 Å². The predicted octanol–water partition coefficient (Wildman–Crippen LogP) is 2.37. The first-order valence-electron chi connectivity index (χ1n) is 8.05. The summed E-state index contributed by atoms with van der Waals surface area (Å²) in [6, 6.07) is 7.30. The molecule has 1 amide bonds. The number of fused-ring (bicyclic) bond motifs is 1. The van der Waals surface area contributed by atoms with Gasteiger partial charge < -0.3 is 19.9 Å². The summed E-state index contributed by atoms with van der Waals surface area (Å²) in [6.45, 7) is 0.817. The van der Waals surface area contributed by atoms with Crippen molar-refractivity contribution in [3.63, 3.8) is 0 Å². The van der Waals surface area contributed by atoms with E-state index in [1.807, 2.05) is 18.2 Å². The Morgan fingerprint density at radius 1 is 1.09 bits per heavy atom. The second-order valence-corrected chi connectivity index (χ2v) is 5.57. The number of rotatable bonds is 9. The van der Waals surface area contributed by atoms with Gasteiger partial charge in [0.25, 0.3) is 5.91 Å². The zero-order chi connectivity index (χ0) is 16.5. The molecule has 0 saturated carbocycles. The van der Waals surface area contributed by atoms with Gasteiger partial charge >= 0.3 is 5.97 Å². The minimum Gasteiger partial charge on any atom is -0.485 e. The molecule has 2 rings (SSSR count). The Balaban J connectivity index is 1.56. The van der Waals surface area contributed by atoms with Crippen molar-refractivity contribution in [1.29, 1.82) is 0 Å². The zero-order valence-electron chi connectivity index (χ0n) is 13.1. The maximum Gasteiger partial charge on any atom is 0.303 e. The summed E-state index contributed by atoms with van der Waals surface area (Å²) in [7, 11) is 0. The number of para-hydroxylation sites is 2. The minimum atomic E-state index is -0.742. The van der Waals surface area contributed by atoms with E-state index in [-0.39, 0.29) is 18.9 Å². The van der Waals surface area contributed by atoms with E-state index in [2.05, 4.69) is 5.32 Å².